The minimum atomic E-state index is -0.0673. The zero-order valence-corrected chi connectivity index (χ0v) is 20.4. The second kappa shape index (κ2) is 13.2. The Morgan fingerprint density at radius 3 is 2.64 bits per heavy atom. The molecule has 1 aromatic carbocycles. The Labute approximate surface area is 200 Å². The summed E-state index contributed by atoms with van der Waals surface area (Å²) in [6.45, 7) is 4.41. The minimum Gasteiger partial charge on any atom is -0.454 e. The van der Waals surface area contributed by atoms with Crippen LogP contribution in [0.3, 0.4) is 0 Å². The van der Waals surface area contributed by atoms with Gasteiger partial charge in [0.05, 0.1) is 13.1 Å². The van der Waals surface area contributed by atoms with Crippen LogP contribution in [0.15, 0.2) is 35.7 Å². The van der Waals surface area contributed by atoms with Gasteiger partial charge in [-0.3, -0.25) is 9.59 Å². The zero-order valence-electron chi connectivity index (χ0n) is 19.6. The van der Waals surface area contributed by atoms with Gasteiger partial charge in [0.2, 0.25) is 18.6 Å². The fourth-order valence-electron chi connectivity index (χ4n) is 3.72. The third-order valence-electron chi connectivity index (χ3n) is 5.54. The standard InChI is InChI=1S/C25H34N2O5S/c1-3-4-5-9-24(28)26(12-7-13-30-2)18-25(29)27(17-21-8-6-14-33-21)16-20-10-11-22-23(15-20)32-19-31-22/h6,8,10-11,14-15H,3-5,7,9,12-13,16-19H2,1-2H3. The first-order chi connectivity index (χ1) is 16.1. The number of carbonyl (C=O) groups excluding carboxylic acids is 2. The Morgan fingerprint density at radius 2 is 1.88 bits per heavy atom. The summed E-state index contributed by atoms with van der Waals surface area (Å²) in [6.07, 6.45) is 4.10. The Hall–Kier alpha value is -2.58. The number of benzene rings is 1. The second-order valence-corrected chi connectivity index (χ2v) is 9.17. The van der Waals surface area contributed by atoms with E-state index < -0.39 is 0 Å². The van der Waals surface area contributed by atoms with E-state index in [-0.39, 0.29) is 25.2 Å². The molecule has 2 aromatic rings. The highest BCUT2D eigenvalue weighted by atomic mass is 32.1. The predicted molar refractivity (Wildman–Crippen MR) is 128 cm³/mol. The molecule has 0 N–H and O–H groups in total. The van der Waals surface area contributed by atoms with Crippen LogP contribution in [0.5, 0.6) is 11.5 Å². The molecule has 0 saturated heterocycles. The van der Waals surface area contributed by atoms with Crippen molar-refractivity contribution in [2.75, 3.05) is 33.6 Å². The fourth-order valence-corrected chi connectivity index (χ4v) is 4.44. The highest BCUT2D eigenvalue weighted by Crippen LogP contribution is 2.33. The first-order valence-electron chi connectivity index (χ1n) is 11.6. The van der Waals surface area contributed by atoms with Crippen LogP contribution in [-0.4, -0.2) is 55.2 Å². The molecule has 180 valence electrons. The van der Waals surface area contributed by atoms with Crippen LogP contribution in [0.2, 0.25) is 0 Å². The lowest BCUT2D eigenvalue weighted by atomic mass is 10.1. The van der Waals surface area contributed by atoms with Crippen molar-refractivity contribution in [1.29, 1.82) is 0 Å². The summed E-state index contributed by atoms with van der Waals surface area (Å²) >= 11 is 1.62. The molecule has 2 heterocycles. The highest BCUT2D eigenvalue weighted by molar-refractivity contribution is 7.09. The van der Waals surface area contributed by atoms with Crippen molar-refractivity contribution >= 4 is 23.2 Å². The van der Waals surface area contributed by atoms with Gasteiger partial charge in [0.25, 0.3) is 0 Å². The number of hydrogen-bond donors (Lipinski definition) is 0. The predicted octanol–water partition coefficient (Wildman–Crippen LogP) is 4.45. The molecule has 0 saturated carbocycles. The van der Waals surface area contributed by atoms with Crippen LogP contribution in [0, 0.1) is 0 Å². The molecule has 0 fully saturated rings. The van der Waals surface area contributed by atoms with Gasteiger partial charge in [-0.25, -0.2) is 0 Å². The van der Waals surface area contributed by atoms with Crippen LogP contribution in [0.25, 0.3) is 0 Å². The maximum atomic E-state index is 13.4. The summed E-state index contributed by atoms with van der Waals surface area (Å²) in [4.78, 5) is 30.9. The van der Waals surface area contributed by atoms with Crippen molar-refractivity contribution in [2.45, 2.75) is 52.1 Å². The molecule has 0 unspecified atom stereocenters. The molecule has 33 heavy (non-hydrogen) atoms. The molecule has 0 aliphatic carbocycles. The van der Waals surface area contributed by atoms with E-state index in [0.717, 1.165) is 35.5 Å². The topological polar surface area (TPSA) is 68.3 Å². The summed E-state index contributed by atoms with van der Waals surface area (Å²) in [5.41, 5.74) is 0.962. The number of unbranched alkanes of at least 4 members (excludes halogenated alkanes) is 2. The summed E-state index contributed by atoms with van der Waals surface area (Å²) in [7, 11) is 1.65. The van der Waals surface area contributed by atoms with Gasteiger partial charge in [-0.05, 0) is 42.0 Å². The van der Waals surface area contributed by atoms with E-state index in [1.165, 1.54) is 0 Å². The SMILES string of the molecule is CCCCCC(=O)N(CCCOC)CC(=O)N(Cc1ccc2c(c1)OCO2)Cc1cccs1. The molecule has 8 heteroatoms. The molecule has 1 aliphatic rings. The van der Waals surface area contributed by atoms with Gasteiger partial charge < -0.3 is 24.0 Å². The highest BCUT2D eigenvalue weighted by Gasteiger charge is 2.23. The third kappa shape index (κ3) is 7.75. The van der Waals surface area contributed by atoms with E-state index >= 15 is 0 Å². The quantitative estimate of drug-likeness (QED) is 0.379. The number of thiophene rings is 1. The maximum Gasteiger partial charge on any atom is 0.242 e. The average Bonchev–Trinajstić information content (AvgIpc) is 3.49. The van der Waals surface area contributed by atoms with Crippen LogP contribution in [0.4, 0.5) is 0 Å². The van der Waals surface area contributed by atoms with E-state index in [0.29, 0.717) is 44.8 Å². The molecule has 0 bridgehead atoms. The number of carbonyl (C=O) groups is 2. The maximum absolute atomic E-state index is 13.4. The lowest BCUT2D eigenvalue weighted by Gasteiger charge is -2.28. The van der Waals surface area contributed by atoms with Gasteiger partial charge in [-0.15, -0.1) is 11.3 Å². The number of ether oxygens (including phenoxy) is 3. The monoisotopic (exact) mass is 474 g/mol. The first-order valence-corrected chi connectivity index (χ1v) is 12.4. The lowest BCUT2D eigenvalue weighted by Crippen LogP contribution is -2.43. The summed E-state index contributed by atoms with van der Waals surface area (Å²) in [5, 5.41) is 2.01. The number of methoxy groups -OCH3 is 1. The van der Waals surface area contributed by atoms with Gasteiger partial charge in [-0.1, -0.05) is 31.9 Å². The number of hydrogen-bond acceptors (Lipinski definition) is 6. The summed E-state index contributed by atoms with van der Waals surface area (Å²) < 4.78 is 16.1. The zero-order chi connectivity index (χ0) is 23.5. The van der Waals surface area contributed by atoms with E-state index in [1.807, 2.05) is 40.6 Å². The largest absolute Gasteiger partial charge is 0.454 e. The molecular formula is C25H34N2O5S. The third-order valence-corrected chi connectivity index (χ3v) is 6.40. The average molecular weight is 475 g/mol. The number of nitrogens with zero attached hydrogens (tertiary/aromatic N) is 2. The van der Waals surface area contributed by atoms with Crippen molar-refractivity contribution < 1.29 is 23.8 Å². The molecule has 1 aromatic heterocycles. The first kappa shape index (κ1) is 25.1. The van der Waals surface area contributed by atoms with Crippen molar-refractivity contribution in [1.82, 2.24) is 9.80 Å². The Morgan fingerprint density at radius 1 is 1.03 bits per heavy atom. The van der Waals surface area contributed by atoms with Crippen LogP contribution in [0.1, 0.15) is 49.5 Å². The fraction of sp³-hybridized carbons (Fsp3) is 0.520. The molecule has 3 rings (SSSR count). The summed E-state index contributed by atoms with van der Waals surface area (Å²) in [5.74, 6) is 1.38. The van der Waals surface area contributed by atoms with Crippen LogP contribution in [-0.2, 0) is 27.4 Å². The normalized spacial score (nSPS) is 12.1. The lowest BCUT2D eigenvalue weighted by molar-refractivity contribution is -0.141. The molecule has 0 radical (unpaired) electrons. The molecule has 2 amide bonds. The van der Waals surface area contributed by atoms with Crippen molar-refractivity contribution in [2.24, 2.45) is 0 Å². The molecule has 7 nitrogen and oxygen atoms in total. The van der Waals surface area contributed by atoms with E-state index in [1.54, 1.807) is 23.3 Å². The van der Waals surface area contributed by atoms with Gasteiger partial charge in [-0.2, -0.15) is 0 Å². The van der Waals surface area contributed by atoms with Crippen molar-refractivity contribution in [3.05, 3.63) is 46.2 Å². The van der Waals surface area contributed by atoms with E-state index in [9.17, 15) is 9.59 Å². The van der Waals surface area contributed by atoms with Crippen molar-refractivity contribution in [3.8, 4) is 11.5 Å². The van der Waals surface area contributed by atoms with Crippen LogP contribution < -0.4 is 9.47 Å². The van der Waals surface area contributed by atoms with E-state index in [4.69, 9.17) is 14.2 Å². The molecule has 0 spiro atoms. The summed E-state index contributed by atoms with van der Waals surface area (Å²) in [6, 6.07) is 9.76. The Balaban J connectivity index is 1.71. The van der Waals surface area contributed by atoms with Gasteiger partial charge in [0, 0.05) is 38.1 Å². The van der Waals surface area contributed by atoms with Gasteiger partial charge in [0.15, 0.2) is 11.5 Å². The molecule has 1 aliphatic heterocycles. The Bertz CT molecular complexity index is 887. The van der Waals surface area contributed by atoms with Crippen molar-refractivity contribution in [3.63, 3.8) is 0 Å². The second-order valence-electron chi connectivity index (χ2n) is 8.14. The number of rotatable bonds is 14. The minimum absolute atomic E-state index is 0.0343. The molecule has 0 atom stereocenters. The number of amides is 2. The van der Waals surface area contributed by atoms with Crippen LogP contribution >= 0.6 is 11.3 Å². The Kier molecular flexibility index (Phi) is 10.0. The number of fused-ring (bicyclic) bond motifs is 1. The van der Waals surface area contributed by atoms with E-state index in [2.05, 4.69) is 6.92 Å². The smallest absolute Gasteiger partial charge is 0.242 e. The van der Waals surface area contributed by atoms with Gasteiger partial charge in [0.1, 0.15) is 0 Å². The molecular weight excluding hydrogens is 440 g/mol. The van der Waals surface area contributed by atoms with Gasteiger partial charge >= 0.3 is 0 Å².